The molecule has 0 bridgehead atoms. The highest BCUT2D eigenvalue weighted by Crippen LogP contribution is 2.19. The van der Waals surface area contributed by atoms with Crippen molar-refractivity contribution in [3.63, 3.8) is 0 Å². The standard InChI is InChI=1S/C18H18N2O2/c1-22-12-17(13-6-3-2-4-7-13)20-18(21)15-8-5-9-16-14(15)10-11-19-16/h2-11,17,19H,12H2,1H3,(H,20,21)/t17-/m0/s1. The number of fused-ring (bicyclic) bond motifs is 1. The van der Waals surface area contributed by atoms with Crippen molar-refractivity contribution in [1.82, 2.24) is 10.3 Å². The van der Waals surface area contributed by atoms with Gasteiger partial charge >= 0.3 is 0 Å². The molecule has 1 atom stereocenters. The van der Waals surface area contributed by atoms with Crippen LogP contribution in [0.2, 0.25) is 0 Å². The van der Waals surface area contributed by atoms with Crippen molar-refractivity contribution in [3.05, 3.63) is 71.9 Å². The first-order valence-corrected chi connectivity index (χ1v) is 7.20. The van der Waals surface area contributed by atoms with Crippen molar-refractivity contribution in [2.75, 3.05) is 13.7 Å². The van der Waals surface area contributed by atoms with Gasteiger partial charge < -0.3 is 15.0 Å². The summed E-state index contributed by atoms with van der Waals surface area (Å²) in [6.07, 6.45) is 1.84. The van der Waals surface area contributed by atoms with Gasteiger partial charge in [0, 0.05) is 29.8 Å². The van der Waals surface area contributed by atoms with E-state index in [2.05, 4.69) is 10.3 Å². The first kappa shape index (κ1) is 14.4. The molecule has 0 aliphatic carbocycles. The van der Waals surface area contributed by atoms with Gasteiger partial charge in [0.15, 0.2) is 0 Å². The van der Waals surface area contributed by atoms with E-state index in [4.69, 9.17) is 4.74 Å². The van der Waals surface area contributed by atoms with E-state index in [1.165, 1.54) is 0 Å². The van der Waals surface area contributed by atoms with Gasteiger partial charge in [-0.2, -0.15) is 0 Å². The molecule has 2 N–H and O–H groups in total. The molecule has 22 heavy (non-hydrogen) atoms. The van der Waals surface area contributed by atoms with Gasteiger partial charge in [-0.3, -0.25) is 4.79 Å². The van der Waals surface area contributed by atoms with E-state index in [1.54, 1.807) is 7.11 Å². The van der Waals surface area contributed by atoms with Crippen LogP contribution in [0.3, 0.4) is 0 Å². The van der Waals surface area contributed by atoms with Crippen molar-refractivity contribution >= 4 is 16.8 Å². The Morgan fingerprint density at radius 3 is 2.73 bits per heavy atom. The average Bonchev–Trinajstić information content (AvgIpc) is 3.03. The number of aromatic nitrogens is 1. The van der Waals surface area contributed by atoms with Crippen molar-refractivity contribution in [2.24, 2.45) is 0 Å². The van der Waals surface area contributed by atoms with E-state index in [-0.39, 0.29) is 11.9 Å². The number of methoxy groups -OCH3 is 1. The summed E-state index contributed by atoms with van der Waals surface area (Å²) in [6, 6.07) is 17.2. The molecule has 1 heterocycles. The number of amides is 1. The van der Waals surface area contributed by atoms with Crippen LogP contribution in [0.25, 0.3) is 10.9 Å². The van der Waals surface area contributed by atoms with Gasteiger partial charge in [0.2, 0.25) is 0 Å². The predicted octanol–water partition coefficient (Wildman–Crippen LogP) is 3.29. The minimum absolute atomic E-state index is 0.101. The van der Waals surface area contributed by atoms with Gasteiger partial charge in [-0.25, -0.2) is 0 Å². The molecule has 0 aliphatic heterocycles. The number of aromatic amines is 1. The van der Waals surface area contributed by atoms with E-state index >= 15 is 0 Å². The van der Waals surface area contributed by atoms with Crippen molar-refractivity contribution in [1.29, 1.82) is 0 Å². The molecule has 1 aromatic heterocycles. The third-order valence-electron chi connectivity index (χ3n) is 3.68. The molecular formula is C18H18N2O2. The van der Waals surface area contributed by atoms with E-state index in [9.17, 15) is 4.79 Å². The van der Waals surface area contributed by atoms with Crippen LogP contribution in [0.5, 0.6) is 0 Å². The van der Waals surface area contributed by atoms with Gasteiger partial charge in [0.1, 0.15) is 0 Å². The summed E-state index contributed by atoms with van der Waals surface area (Å²) in [5.41, 5.74) is 2.64. The molecule has 0 radical (unpaired) electrons. The third-order valence-corrected chi connectivity index (χ3v) is 3.68. The molecule has 4 nitrogen and oxygen atoms in total. The minimum Gasteiger partial charge on any atom is -0.382 e. The molecule has 2 aromatic carbocycles. The highest BCUT2D eigenvalue weighted by Gasteiger charge is 2.17. The molecule has 4 heteroatoms. The average molecular weight is 294 g/mol. The van der Waals surface area contributed by atoms with Crippen LogP contribution < -0.4 is 5.32 Å². The number of nitrogens with one attached hydrogen (secondary N) is 2. The van der Waals surface area contributed by atoms with Gasteiger partial charge in [-0.15, -0.1) is 0 Å². The normalized spacial score (nSPS) is 12.2. The van der Waals surface area contributed by atoms with E-state index in [1.807, 2.05) is 60.8 Å². The predicted molar refractivity (Wildman–Crippen MR) is 86.8 cm³/mol. The second-order valence-electron chi connectivity index (χ2n) is 5.14. The molecule has 3 rings (SSSR count). The zero-order chi connectivity index (χ0) is 15.4. The van der Waals surface area contributed by atoms with Crippen molar-refractivity contribution in [2.45, 2.75) is 6.04 Å². The Labute approximate surface area is 129 Å². The largest absolute Gasteiger partial charge is 0.382 e. The summed E-state index contributed by atoms with van der Waals surface area (Å²) in [5, 5.41) is 3.98. The van der Waals surface area contributed by atoms with Crippen LogP contribution in [0.1, 0.15) is 22.0 Å². The van der Waals surface area contributed by atoms with Gasteiger partial charge in [-0.05, 0) is 23.8 Å². The van der Waals surface area contributed by atoms with Crippen LogP contribution >= 0.6 is 0 Å². The number of carbonyl (C=O) groups excluding carboxylic acids is 1. The summed E-state index contributed by atoms with van der Waals surface area (Å²) < 4.78 is 5.25. The quantitative estimate of drug-likeness (QED) is 0.758. The molecule has 0 saturated heterocycles. The maximum atomic E-state index is 12.6. The highest BCUT2D eigenvalue weighted by atomic mass is 16.5. The topological polar surface area (TPSA) is 54.1 Å². The Balaban J connectivity index is 1.86. The fourth-order valence-electron chi connectivity index (χ4n) is 2.59. The summed E-state index contributed by atoms with van der Waals surface area (Å²) in [5.74, 6) is -0.101. The van der Waals surface area contributed by atoms with Crippen molar-refractivity contribution < 1.29 is 9.53 Å². The Hall–Kier alpha value is -2.59. The lowest BCUT2D eigenvalue weighted by Crippen LogP contribution is -2.31. The van der Waals surface area contributed by atoms with Gasteiger partial charge in [0.05, 0.1) is 12.6 Å². The number of ether oxygens (including phenoxy) is 1. The summed E-state index contributed by atoms with van der Waals surface area (Å²) in [4.78, 5) is 15.8. The minimum atomic E-state index is -0.173. The van der Waals surface area contributed by atoms with Crippen LogP contribution in [-0.4, -0.2) is 24.6 Å². The lowest BCUT2D eigenvalue weighted by Gasteiger charge is -2.18. The highest BCUT2D eigenvalue weighted by molar-refractivity contribution is 6.06. The molecule has 0 spiro atoms. The molecule has 1 amide bonds. The second-order valence-corrected chi connectivity index (χ2v) is 5.14. The Bertz CT molecular complexity index is 765. The fraction of sp³-hybridized carbons (Fsp3) is 0.167. The number of benzene rings is 2. The number of rotatable bonds is 5. The summed E-state index contributed by atoms with van der Waals surface area (Å²) in [7, 11) is 1.63. The molecule has 0 aliphatic rings. The smallest absolute Gasteiger partial charge is 0.252 e. The summed E-state index contributed by atoms with van der Waals surface area (Å²) >= 11 is 0. The molecule has 0 unspecified atom stereocenters. The number of H-pyrrole nitrogens is 1. The van der Waals surface area contributed by atoms with E-state index in [0.29, 0.717) is 12.2 Å². The van der Waals surface area contributed by atoms with E-state index in [0.717, 1.165) is 16.5 Å². The molecule has 0 saturated carbocycles. The number of hydrogen-bond donors (Lipinski definition) is 2. The third kappa shape index (κ3) is 2.87. The Morgan fingerprint density at radius 2 is 1.95 bits per heavy atom. The van der Waals surface area contributed by atoms with Gasteiger partial charge in [0.25, 0.3) is 5.91 Å². The Kier molecular flexibility index (Phi) is 4.21. The van der Waals surface area contributed by atoms with E-state index < -0.39 is 0 Å². The van der Waals surface area contributed by atoms with Crippen LogP contribution in [0.15, 0.2) is 60.8 Å². The Morgan fingerprint density at radius 1 is 1.14 bits per heavy atom. The zero-order valence-electron chi connectivity index (χ0n) is 12.4. The molecule has 3 aromatic rings. The first-order valence-electron chi connectivity index (χ1n) is 7.20. The van der Waals surface area contributed by atoms with Crippen LogP contribution in [-0.2, 0) is 4.74 Å². The first-order chi connectivity index (χ1) is 10.8. The number of hydrogen-bond acceptors (Lipinski definition) is 2. The lowest BCUT2D eigenvalue weighted by atomic mass is 10.1. The molecular weight excluding hydrogens is 276 g/mol. The lowest BCUT2D eigenvalue weighted by molar-refractivity contribution is 0.0898. The molecule has 0 fully saturated rings. The maximum absolute atomic E-state index is 12.6. The fourth-order valence-corrected chi connectivity index (χ4v) is 2.59. The van der Waals surface area contributed by atoms with Gasteiger partial charge in [-0.1, -0.05) is 36.4 Å². The molecule has 112 valence electrons. The summed E-state index contributed by atoms with van der Waals surface area (Å²) in [6.45, 7) is 0.429. The van der Waals surface area contributed by atoms with Crippen LogP contribution in [0.4, 0.5) is 0 Å². The van der Waals surface area contributed by atoms with Crippen LogP contribution in [0, 0.1) is 0 Å². The SMILES string of the molecule is COC[C@H](NC(=O)c1cccc2[nH]ccc12)c1ccccc1. The monoisotopic (exact) mass is 294 g/mol. The number of carbonyl (C=O) groups is 1. The zero-order valence-corrected chi connectivity index (χ0v) is 12.4. The second kappa shape index (κ2) is 6.45. The maximum Gasteiger partial charge on any atom is 0.252 e. The van der Waals surface area contributed by atoms with Crippen molar-refractivity contribution in [3.8, 4) is 0 Å².